The number of hydrogen-bond acceptors (Lipinski definition) is 3. The van der Waals surface area contributed by atoms with Gasteiger partial charge in [0, 0.05) is 38.2 Å². The molecule has 5 nitrogen and oxygen atoms in total. The van der Waals surface area contributed by atoms with Gasteiger partial charge in [0.1, 0.15) is 5.75 Å². The molecule has 2 fully saturated rings. The Hall–Kier alpha value is -1.75. The van der Waals surface area contributed by atoms with Crippen molar-refractivity contribution >= 4 is 5.96 Å². The molecule has 0 radical (unpaired) electrons. The molecule has 0 aliphatic carbocycles. The summed E-state index contributed by atoms with van der Waals surface area (Å²) in [6.07, 6.45) is 3.29. The molecule has 132 valence electrons. The Morgan fingerprint density at radius 2 is 2.25 bits per heavy atom. The first-order valence-electron chi connectivity index (χ1n) is 8.99. The van der Waals surface area contributed by atoms with E-state index in [0.29, 0.717) is 5.41 Å². The van der Waals surface area contributed by atoms with Crippen LogP contribution < -0.4 is 10.1 Å². The van der Waals surface area contributed by atoms with Crippen LogP contribution in [-0.2, 0) is 11.2 Å². The molecule has 2 aliphatic heterocycles. The molecule has 1 atom stereocenters. The summed E-state index contributed by atoms with van der Waals surface area (Å²) in [7, 11) is 1.72. The number of ether oxygens (including phenoxy) is 2. The number of likely N-dealkylation sites (tertiary alicyclic amines) is 1. The second-order valence-electron chi connectivity index (χ2n) is 6.77. The van der Waals surface area contributed by atoms with Gasteiger partial charge in [-0.25, -0.2) is 0 Å². The van der Waals surface area contributed by atoms with E-state index in [-0.39, 0.29) is 0 Å². The minimum Gasteiger partial charge on any atom is -0.496 e. The van der Waals surface area contributed by atoms with E-state index in [1.165, 1.54) is 18.4 Å². The van der Waals surface area contributed by atoms with Gasteiger partial charge in [-0.05, 0) is 37.8 Å². The Morgan fingerprint density at radius 1 is 1.38 bits per heavy atom. The van der Waals surface area contributed by atoms with Gasteiger partial charge in [-0.2, -0.15) is 0 Å². The van der Waals surface area contributed by atoms with Crippen LogP contribution in [0.15, 0.2) is 29.3 Å². The molecule has 1 spiro atoms. The van der Waals surface area contributed by atoms with Crippen molar-refractivity contribution in [1.82, 2.24) is 10.2 Å². The zero-order valence-electron chi connectivity index (χ0n) is 14.9. The summed E-state index contributed by atoms with van der Waals surface area (Å²) in [6, 6.07) is 8.18. The van der Waals surface area contributed by atoms with Crippen LogP contribution in [0.1, 0.15) is 25.3 Å². The van der Waals surface area contributed by atoms with Crippen LogP contribution in [0.5, 0.6) is 5.75 Å². The zero-order chi connectivity index (χ0) is 16.8. The third-order valence-electron chi connectivity index (χ3n) is 5.09. The molecule has 0 saturated carbocycles. The average molecular weight is 331 g/mol. The van der Waals surface area contributed by atoms with Crippen LogP contribution in [0.4, 0.5) is 0 Å². The van der Waals surface area contributed by atoms with Crippen molar-refractivity contribution in [3.05, 3.63) is 29.8 Å². The lowest BCUT2D eigenvalue weighted by molar-refractivity contribution is 0.156. The lowest BCUT2D eigenvalue weighted by atomic mass is 9.87. The molecule has 0 amide bonds. The number of methoxy groups -OCH3 is 1. The summed E-state index contributed by atoms with van der Waals surface area (Å²) < 4.78 is 11.1. The summed E-state index contributed by atoms with van der Waals surface area (Å²) in [5.74, 6) is 1.98. The molecule has 0 aromatic heterocycles. The first-order valence-corrected chi connectivity index (χ1v) is 8.99. The first kappa shape index (κ1) is 17.1. The number of hydrogen-bond donors (Lipinski definition) is 1. The second-order valence-corrected chi connectivity index (χ2v) is 6.77. The van der Waals surface area contributed by atoms with E-state index in [9.17, 15) is 0 Å². The molecule has 3 rings (SSSR count). The highest BCUT2D eigenvalue weighted by Gasteiger charge is 2.42. The topological polar surface area (TPSA) is 46.1 Å². The maximum Gasteiger partial charge on any atom is 0.193 e. The van der Waals surface area contributed by atoms with Crippen molar-refractivity contribution in [3.8, 4) is 5.75 Å². The van der Waals surface area contributed by atoms with Crippen LogP contribution in [-0.4, -0.2) is 57.4 Å². The van der Waals surface area contributed by atoms with Gasteiger partial charge < -0.3 is 19.7 Å². The Labute approximate surface area is 145 Å². The van der Waals surface area contributed by atoms with E-state index in [1.807, 2.05) is 12.1 Å². The summed E-state index contributed by atoms with van der Waals surface area (Å²) in [4.78, 5) is 7.26. The molecule has 5 heteroatoms. The maximum absolute atomic E-state index is 5.63. The van der Waals surface area contributed by atoms with Crippen LogP contribution in [0.2, 0.25) is 0 Å². The summed E-state index contributed by atoms with van der Waals surface area (Å²) in [5, 5.41) is 3.45. The third kappa shape index (κ3) is 3.83. The number of aliphatic imine (C=N–C) groups is 1. The average Bonchev–Trinajstić information content (AvgIpc) is 3.25. The highest BCUT2D eigenvalue weighted by atomic mass is 16.5. The summed E-state index contributed by atoms with van der Waals surface area (Å²) in [6.45, 7) is 7.74. The molecule has 1 N–H and O–H groups in total. The molecular formula is C19H29N3O2. The van der Waals surface area contributed by atoms with E-state index in [1.54, 1.807) is 7.11 Å². The van der Waals surface area contributed by atoms with Crippen molar-refractivity contribution in [2.24, 2.45) is 10.4 Å². The number of benzene rings is 1. The molecule has 1 aromatic rings. The molecule has 1 aromatic carbocycles. The summed E-state index contributed by atoms with van der Waals surface area (Å²) in [5.41, 5.74) is 1.57. The Balaban J connectivity index is 1.62. The number of guanidine groups is 1. The maximum atomic E-state index is 5.63. The minimum atomic E-state index is 0.360. The van der Waals surface area contributed by atoms with Gasteiger partial charge in [-0.1, -0.05) is 18.2 Å². The third-order valence-corrected chi connectivity index (χ3v) is 5.09. The van der Waals surface area contributed by atoms with Gasteiger partial charge in [-0.3, -0.25) is 4.99 Å². The van der Waals surface area contributed by atoms with Crippen LogP contribution in [0, 0.1) is 5.41 Å². The van der Waals surface area contributed by atoms with Gasteiger partial charge in [0.25, 0.3) is 0 Å². The van der Waals surface area contributed by atoms with Crippen molar-refractivity contribution in [1.29, 1.82) is 0 Å². The van der Waals surface area contributed by atoms with Gasteiger partial charge in [0.15, 0.2) is 5.96 Å². The van der Waals surface area contributed by atoms with Gasteiger partial charge in [0.2, 0.25) is 0 Å². The van der Waals surface area contributed by atoms with Crippen molar-refractivity contribution < 1.29 is 9.47 Å². The van der Waals surface area contributed by atoms with Crippen molar-refractivity contribution in [2.45, 2.75) is 26.2 Å². The fourth-order valence-corrected chi connectivity index (χ4v) is 3.70. The van der Waals surface area contributed by atoms with Gasteiger partial charge >= 0.3 is 0 Å². The lowest BCUT2D eigenvalue weighted by Gasteiger charge is -2.25. The number of nitrogens with zero attached hydrogens (tertiary/aromatic N) is 2. The molecule has 2 heterocycles. The van der Waals surface area contributed by atoms with E-state index in [0.717, 1.165) is 57.5 Å². The van der Waals surface area contributed by atoms with E-state index < -0.39 is 0 Å². The van der Waals surface area contributed by atoms with Crippen molar-refractivity contribution in [2.75, 3.05) is 46.5 Å². The van der Waals surface area contributed by atoms with E-state index in [4.69, 9.17) is 14.5 Å². The predicted octanol–water partition coefficient (Wildman–Crippen LogP) is 2.32. The molecule has 2 aliphatic rings. The SMILES string of the molecule is CCNC(=NCCc1ccccc1OC)N1CCC2(CCOC2)C1. The normalized spacial score (nSPS) is 23.9. The Morgan fingerprint density at radius 3 is 3.00 bits per heavy atom. The zero-order valence-corrected chi connectivity index (χ0v) is 14.9. The van der Waals surface area contributed by atoms with Crippen LogP contribution >= 0.6 is 0 Å². The van der Waals surface area contributed by atoms with Gasteiger partial charge in [0.05, 0.1) is 13.7 Å². The minimum absolute atomic E-state index is 0.360. The van der Waals surface area contributed by atoms with Crippen LogP contribution in [0.25, 0.3) is 0 Å². The highest BCUT2D eigenvalue weighted by Crippen LogP contribution is 2.38. The van der Waals surface area contributed by atoms with E-state index in [2.05, 4.69) is 29.3 Å². The standard InChI is InChI=1S/C19H29N3O2/c1-3-20-18(22-12-9-19(14-22)10-13-24-15-19)21-11-8-16-6-4-5-7-17(16)23-2/h4-7H,3,8-15H2,1-2H3,(H,20,21). The Bertz CT molecular complexity index is 567. The smallest absolute Gasteiger partial charge is 0.193 e. The number of nitrogens with one attached hydrogen (secondary N) is 1. The fraction of sp³-hybridized carbons (Fsp3) is 0.632. The fourth-order valence-electron chi connectivity index (χ4n) is 3.70. The van der Waals surface area contributed by atoms with Gasteiger partial charge in [-0.15, -0.1) is 0 Å². The second kappa shape index (κ2) is 7.88. The monoisotopic (exact) mass is 331 g/mol. The summed E-state index contributed by atoms with van der Waals surface area (Å²) >= 11 is 0. The molecule has 0 bridgehead atoms. The first-order chi connectivity index (χ1) is 11.8. The lowest BCUT2D eigenvalue weighted by Crippen LogP contribution is -2.41. The Kier molecular flexibility index (Phi) is 5.61. The van der Waals surface area contributed by atoms with Crippen LogP contribution in [0.3, 0.4) is 0 Å². The molecule has 24 heavy (non-hydrogen) atoms. The number of rotatable bonds is 5. The largest absolute Gasteiger partial charge is 0.496 e. The molecule has 2 saturated heterocycles. The number of para-hydroxylation sites is 1. The highest BCUT2D eigenvalue weighted by molar-refractivity contribution is 5.80. The molecular weight excluding hydrogens is 302 g/mol. The quantitative estimate of drug-likeness (QED) is 0.664. The van der Waals surface area contributed by atoms with Crippen molar-refractivity contribution in [3.63, 3.8) is 0 Å². The van der Waals surface area contributed by atoms with E-state index >= 15 is 0 Å². The predicted molar refractivity (Wildman–Crippen MR) is 96.7 cm³/mol. The molecule has 1 unspecified atom stereocenters.